The lowest BCUT2D eigenvalue weighted by Gasteiger charge is -2.02. The largest absolute Gasteiger partial charge is 0.275 e. The fraction of sp³-hybridized carbons (Fsp3) is 0.267. The topological polar surface area (TPSA) is 47.3 Å². The van der Waals surface area contributed by atoms with Gasteiger partial charge in [-0.15, -0.1) is 0 Å². The molecule has 0 bridgehead atoms. The van der Waals surface area contributed by atoms with E-state index in [1.807, 2.05) is 13.0 Å². The minimum atomic E-state index is -0.229. The van der Waals surface area contributed by atoms with Gasteiger partial charge in [-0.05, 0) is 24.1 Å². The number of rotatable bonds is 5. The van der Waals surface area contributed by atoms with E-state index in [9.17, 15) is 9.18 Å². The number of aryl methyl sites for hydroxylation is 1. The molecule has 0 radical (unpaired) electrons. The zero-order valence-electron chi connectivity index (χ0n) is 12.0. The molecule has 0 aliphatic carbocycles. The van der Waals surface area contributed by atoms with Crippen LogP contribution in [-0.2, 0) is 17.9 Å². The third kappa shape index (κ3) is 3.36. The van der Waals surface area contributed by atoms with Crippen molar-refractivity contribution < 1.29 is 4.39 Å². The molecular weight excluding hydrogens is 321 g/mol. The van der Waals surface area contributed by atoms with Crippen molar-refractivity contribution in [3.8, 4) is 0 Å². The van der Waals surface area contributed by atoms with E-state index in [2.05, 4.69) is 10.1 Å². The maximum Gasteiger partial charge on any atom is 0.275 e. The molecule has 0 N–H and O–H groups in total. The van der Waals surface area contributed by atoms with E-state index >= 15 is 0 Å². The van der Waals surface area contributed by atoms with Crippen LogP contribution in [0, 0.1) is 5.82 Å². The summed E-state index contributed by atoms with van der Waals surface area (Å²) in [5.41, 5.74) is 1.51. The summed E-state index contributed by atoms with van der Waals surface area (Å²) >= 11 is 3.04. The predicted octanol–water partition coefficient (Wildman–Crippen LogP) is 3.29. The molecule has 0 saturated heterocycles. The predicted molar refractivity (Wildman–Crippen MR) is 87.9 cm³/mol. The summed E-state index contributed by atoms with van der Waals surface area (Å²) in [7, 11) is 0. The number of halogens is 1. The Hall–Kier alpha value is -1.73. The minimum absolute atomic E-state index is 0.151. The van der Waals surface area contributed by atoms with Crippen LogP contribution in [0.3, 0.4) is 0 Å². The van der Waals surface area contributed by atoms with Crippen LogP contribution in [0.5, 0.6) is 0 Å². The van der Waals surface area contributed by atoms with Crippen LogP contribution < -0.4 is 5.56 Å². The number of aromatic nitrogens is 3. The number of benzene rings is 1. The molecule has 1 aromatic carbocycles. The molecule has 0 atom stereocenters. The number of nitrogens with zero attached hydrogens (tertiary/aromatic N) is 3. The number of hydrogen-bond acceptors (Lipinski definition) is 5. The van der Waals surface area contributed by atoms with Crippen LogP contribution in [0.2, 0.25) is 0 Å². The molecule has 0 saturated carbocycles. The van der Waals surface area contributed by atoms with Crippen molar-refractivity contribution in [3.05, 3.63) is 62.8 Å². The lowest BCUT2D eigenvalue weighted by molar-refractivity contribution is 0.626. The highest BCUT2D eigenvalue weighted by Gasteiger charge is 2.08. The maximum atomic E-state index is 13.1. The summed E-state index contributed by atoms with van der Waals surface area (Å²) in [6.07, 6.45) is 0.789. The van der Waals surface area contributed by atoms with Gasteiger partial charge in [-0.3, -0.25) is 4.79 Å². The zero-order valence-corrected chi connectivity index (χ0v) is 13.6. The van der Waals surface area contributed by atoms with Gasteiger partial charge in [0.2, 0.25) is 4.96 Å². The molecule has 2 aromatic heterocycles. The van der Waals surface area contributed by atoms with Gasteiger partial charge in [0.25, 0.3) is 5.56 Å². The van der Waals surface area contributed by atoms with E-state index in [1.54, 1.807) is 17.8 Å². The first-order valence-corrected chi connectivity index (χ1v) is 8.83. The van der Waals surface area contributed by atoms with Crippen molar-refractivity contribution in [2.75, 3.05) is 0 Å². The molecule has 22 heavy (non-hydrogen) atoms. The third-order valence-corrected chi connectivity index (χ3v) is 5.14. The fourth-order valence-electron chi connectivity index (χ4n) is 2.01. The molecule has 0 fully saturated rings. The average Bonchev–Trinajstić information content (AvgIpc) is 2.91. The van der Waals surface area contributed by atoms with Gasteiger partial charge >= 0.3 is 0 Å². The van der Waals surface area contributed by atoms with Crippen LogP contribution in [0.4, 0.5) is 4.39 Å². The first-order chi connectivity index (χ1) is 10.7. The Bertz CT molecular complexity index is 859. The van der Waals surface area contributed by atoms with E-state index in [1.165, 1.54) is 34.1 Å². The van der Waals surface area contributed by atoms with Crippen LogP contribution in [0.15, 0.2) is 35.1 Å². The number of fused-ring (bicyclic) bond motifs is 1. The van der Waals surface area contributed by atoms with Crippen LogP contribution in [0.25, 0.3) is 4.96 Å². The molecule has 0 amide bonds. The summed E-state index contributed by atoms with van der Waals surface area (Å²) < 4.78 is 14.5. The van der Waals surface area contributed by atoms with Crippen molar-refractivity contribution in [2.45, 2.75) is 24.9 Å². The van der Waals surface area contributed by atoms with Crippen molar-refractivity contribution in [1.82, 2.24) is 14.6 Å². The highest BCUT2D eigenvalue weighted by Crippen LogP contribution is 2.18. The molecule has 2 heterocycles. The van der Waals surface area contributed by atoms with Gasteiger partial charge in [-0.1, -0.05) is 30.4 Å². The summed E-state index contributed by atoms with van der Waals surface area (Å²) in [5.74, 6) is 1.07. The Labute approximate surface area is 135 Å². The zero-order chi connectivity index (χ0) is 15.5. The van der Waals surface area contributed by atoms with Gasteiger partial charge in [-0.2, -0.15) is 21.4 Å². The van der Waals surface area contributed by atoms with Gasteiger partial charge < -0.3 is 0 Å². The second kappa shape index (κ2) is 6.58. The Morgan fingerprint density at radius 3 is 2.95 bits per heavy atom. The number of thioether (sulfide) groups is 1. The molecule has 3 rings (SSSR count). The summed E-state index contributed by atoms with van der Waals surface area (Å²) in [4.78, 5) is 17.1. The lowest BCUT2D eigenvalue weighted by atomic mass is 10.2. The van der Waals surface area contributed by atoms with Gasteiger partial charge in [0.1, 0.15) is 10.8 Å². The highest BCUT2D eigenvalue weighted by atomic mass is 32.2. The Balaban J connectivity index is 1.72. The lowest BCUT2D eigenvalue weighted by Crippen LogP contribution is -2.15. The van der Waals surface area contributed by atoms with Gasteiger partial charge in [0.05, 0.1) is 5.69 Å². The van der Waals surface area contributed by atoms with Gasteiger partial charge in [0, 0.05) is 17.6 Å². The van der Waals surface area contributed by atoms with Crippen molar-refractivity contribution >= 4 is 28.1 Å². The second-order valence-electron chi connectivity index (χ2n) is 4.75. The van der Waals surface area contributed by atoms with Crippen LogP contribution in [-0.4, -0.2) is 14.6 Å². The molecule has 0 aliphatic rings. The van der Waals surface area contributed by atoms with Crippen LogP contribution in [0.1, 0.15) is 23.2 Å². The summed E-state index contributed by atoms with van der Waals surface area (Å²) in [5, 5.41) is 5.12. The maximum absolute atomic E-state index is 13.1. The highest BCUT2D eigenvalue weighted by molar-refractivity contribution is 7.97. The molecular formula is C15H14FN3OS2. The Kier molecular flexibility index (Phi) is 4.54. The summed E-state index contributed by atoms with van der Waals surface area (Å²) in [6.45, 7) is 2.00. The molecule has 3 aromatic rings. The van der Waals surface area contributed by atoms with Crippen molar-refractivity contribution in [3.63, 3.8) is 0 Å². The average molecular weight is 335 g/mol. The van der Waals surface area contributed by atoms with E-state index < -0.39 is 0 Å². The molecule has 0 unspecified atom stereocenters. The standard InChI is InChI=1S/C15H14FN3OS2/c1-2-13-18-19-14(20)7-12(17-15(19)22-13)9-21-8-10-4-3-5-11(16)6-10/h3-7H,2,8-9H2,1H3. The van der Waals surface area contributed by atoms with E-state index in [0.717, 1.165) is 22.7 Å². The van der Waals surface area contributed by atoms with E-state index in [-0.39, 0.29) is 11.4 Å². The normalized spacial score (nSPS) is 11.2. The van der Waals surface area contributed by atoms with Crippen LogP contribution >= 0.6 is 23.1 Å². The smallest absolute Gasteiger partial charge is 0.267 e. The van der Waals surface area contributed by atoms with E-state index in [4.69, 9.17) is 0 Å². The summed E-state index contributed by atoms with van der Waals surface area (Å²) in [6, 6.07) is 8.06. The van der Waals surface area contributed by atoms with Crippen molar-refractivity contribution in [1.29, 1.82) is 0 Å². The van der Waals surface area contributed by atoms with Crippen molar-refractivity contribution in [2.24, 2.45) is 0 Å². The Morgan fingerprint density at radius 2 is 2.18 bits per heavy atom. The van der Waals surface area contributed by atoms with Gasteiger partial charge in [-0.25, -0.2) is 9.37 Å². The second-order valence-corrected chi connectivity index (χ2v) is 6.78. The fourth-order valence-corrected chi connectivity index (χ4v) is 3.74. The quantitative estimate of drug-likeness (QED) is 0.718. The first-order valence-electron chi connectivity index (χ1n) is 6.86. The monoisotopic (exact) mass is 335 g/mol. The SMILES string of the molecule is CCc1nn2c(=O)cc(CSCc3cccc(F)c3)nc2s1. The number of hydrogen-bond donors (Lipinski definition) is 0. The minimum Gasteiger partial charge on any atom is -0.267 e. The Morgan fingerprint density at radius 1 is 1.32 bits per heavy atom. The van der Waals surface area contributed by atoms with Gasteiger partial charge in [0.15, 0.2) is 0 Å². The molecule has 7 heteroatoms. The molecule has 0 aliphatic heterocycles. The molecule has 0 spiro atoms. The molecule has 114 valence electrons. The van der Waals surface area contributed by atoms with E-state index in [0.29, 0.717) is 16.5 Å². The third-order valence-electron chi connectivity index (χ3n) is 3.05. The molecule has 4 nitrogen and oxygen atoms in total. The first kappa shape index (κ1) is 15.2.